The van der Waals surface area contributed by atoms with Crippen molar-refractivity contribution < 1.29 is 22.3 Å². The molecule has 76 valence electrons. The highest BCUT2D eigenvalue weighted by molar-refractivity contribution is 7.85. The van der Waals surface area contributed by atoms with Crippen molar-refractivity contribution in [3.63, 3.8) is 0 Å². The predicted octanol–water partition coefficient (Wildman–Crippen LogP) is 0.638. The van der Waals surface area contributed by atoms with Gasteiger partial charge in [-0.05, 0) is 12.1 Å². The minimum absolute atomic E-state index is 0.387. The van der Waals surface area contributed by atoms with Crippen LogP contribution in [0.2, 0.25) is 0 Å². The van der Waals surface area contributed by atoms with Crippen molar-refractivity contribution in [2.75, 3.05) is 0 Å². The maximum absolute atomic E-state index is 12.7. The first-order valence-corrected chi connectivity index (χ1v) is 4.63. The Morgan fingerprint density at radius 3 is 2.36 bits per heavy atom. The normalized spacial score (nSPS) is 11.3. The molecule has 8 heteroatoms. The van der Waals surface area contributed by atoms with Crippen LogP contribution in [0.1, 0.15) is 0 Å². The fraction of sp³-hybridized carbons (Fsp3) is 0. The van der Waals surface area contributed by atoms with Crippen LogP contribution in [0.25, 0.3) is 0 Å². The Kier molecular flexibility index (Phi) is 2.49. The molecule has 6 nitrogen and oxygen atoms in total. The third-order valence-corrected chi connectivity index (χ3v) is 2.23. The second-order valence-corrected chi connectivity index (χ2v) is 3.70. The first kappa shape index (κ1) is 10.5. The minimum atomic E-state index is -4.80. The molecule has 0 spiro atoms. The molecule has 1 aromatic rings. The van der Waals surface area contributed by atoms with Crippen molar-refractivity contribution >= 4 is 15.8 Å². The highest BCUT2D eigenvalue weighted by Gasteiger charge is 2.16. The standard InChI is InChI=1S/C6H4FNO5S/c7-5-2-1-4(14(11,12)13)3-6(5)8(9)10/h1-3H,(H,11,12,13)/p-1. The number of nitro groups is 1. The Morgan fingerprint density at radius 2 is 1.93 bits per heavy atom. The van der Waals surface area contributed by atoms with Gasteiger partial charge in [0, 0.05) is 6.07 Å². The Bertz CT molecular complexity index is 483. The van der Waals surface area contributed by atoms with Crippen LogP contribution in [0.4, 0.5) is 10.1 Å². The van der Waals surface area contributed by atoms with Crippen molar-refractivity contribution in [2.24, 2.45) is 0 Å². The van der Waals surface area contributed by atoms with Crippen LogP contribution < -0.4 is 0 Å². The predicted molar refractivity (Wildman–Crippen MR) is 41.0 cm³/mol. The van der Waals surface area contributed by atoms with Crippen LogP contribution in [-0.2, 0) is 10.1 Å². The molecule has 0 saturated carbocycles. The average molecular weight is 220 g/mol. The first-order valence-electron chi connectivity index (χ1n) is 3.22. The molecule has 0 unspecified atom stereocenters. The van der Waals surface area contributed by atoms with Crippen LogP contribution in [-0.4, -0.2) is 17.9 Å². The second kappa shape index (κ2) is 3.31. The summed E-state index contributed by atoms with van der Waals surface area (Å²) in [5.74, 6) is -1.19. The molecule has 1 rings (SSSR count). The summed E-state index contributed by atoms with van der Waals surface area (Å²) in [6, 6.07) is 1.62. The van der Waals surface area contributed by atoms with E-state index in [1.165, 1.54) is 0 Å². The summed E-state index contributed by atoms with van der Waals surface area (Å²) in [6.45, 7) is 0. The van der Waals surface area contributed by atoms with E-state index >= 15 is 0 Å². The number of nitrogens with zero attached hydrogens (tertiary/aromatic N) is 1. The highest BCUT2D eigenvalue weighted by Crippen LogP contribution is 2.20. The Balaban J connectivity index is 3.42. The second-order valence-electron chi connectivity index (χ2n) is 2.32. The lowest BCUT2D eigenvalue weighted by Crippen LogP contribution is -2.01. The number of halogens is 1. The van der Waals surface area contributed by atoms with Gasteiger partial charge in [0.1, 0.15) is 10.1 Å². The molecule has 0 heterocycles. The molecule has 0 atom stereocenters. The van der Waals surface area contributed by atoms with Crippen molar-refractivity contribution in [3.8, 4) is 0 Å². The number of hydrogen-bond acceptors (Lipinski definition) is 5. The number of nitro benzene ring substituents is 1. The van der Waals surface area contributed by atoms with Gasteiger partial charge in [0.2, 0.25) is 5.82 Å². The summed E-state index contributed by atoms with van der Waals surface area (Å²) in [6.07, 6.45) is 0. The Labute approximate surface area is 77.9 Å². The third kappa shape index (κ3) is 2.03. The van der Waals surface area contributed by atoms with E-state index in [1.54, 1.807) is 0 Å². The van der Waals surface area contributed by atoms with E-state index in [1.807, 2.05) is 0 Å². The SMILES string of the molecule is O=[N+]([O-])c1cc(S(=O)(=O)[O-])ccc1F. The minimum Gasteiger partial charge on any atom is -0.744 e. The van der Waals surface area contributed by atoms with Crippen molar-refractivity contribution in [1.29, 1.82) is 0 Å². The van der Waals surface area contributed by atoms with E-state index in [0.29, 0.717) is 18.2 Å². The van der Waals surface area contributed by atoms with E-state index in [2.05, 4.69) is 0 Å². The lowest BCUT2D eigenvalue weighted by molar-refractivity contribution is -0.387. The number of rotatable bonds is 2. The zero-order chi connectivity index (χ0) is 10.9. The first-order chi connectivity index (χ1) is 6.32. The van der Waals surface area contributed by atoms with Gasteiger partial charge in [-0.3, -0.25) is 10.1 Å². The molecule has 0 aliphatic heterocycles. The monoisotopic (exact) mass is 220 g/mol. The number of benzene rings is 1. The maximum Gasteiger partial charge on any atom is 0.306 e. The summed E-state index contributed by atoms with van der Waals surface area (Å²) in [7, 11) is -4.80. The van der Waals surface area contributed by atoms with Crippen molar-refractivity contribution in [2.45, 2.75) is 4.90 Å². The lowest BCUT2D eigenvalue weighted by atomic mass is 10.3. The molecule has 0 radical (unpaired) electrons. The van der Waals surface area contributed by atoms with E-state index in [0.717, 1.165) is 0 Å². The van der Waals surface area contributed by atoms with Gasteiger partial charge in [0.05, 0.1) is 9.82 Å². The third-order valence-electron chi connectivity index (χ3n) is 1.40. The summed E-state index contributed by atoms with van der Waals surface area (Å²) in [5, 5.41) is 10.2. The van der Waals surface area contributed by atoms with Gasteiger partial charge in [-0.2, -0.15) is 4.39 Å². The van der Waals surface area contributed by atoms with Crippen LogP contribution in [0, 0.1) is 15.9 Å². The lowest BCUT2D eigenvalue weighted by Gasteiger charge is -2.05. The number of hydrogen-bond donors (Lipinski definition) is 0. The summed E-state index contributed by atoms with van der Waals surface area (Å²) in [4.78, 5) is 8.23. The van der Waals surface area contributed by atoms with Gasteiger partial charge >= 0.3 is 5.69 Å². The van der Waals surface area contributed by atoms with Gasteiger partial charge in [-0.1, -0.05) is 0 Å². The molecular formula is C6H3FNO5S-. The van der Waals surface area contributed by atoms with Gasteiger partial charge in [0.25, 0.3) is 0 Å². The molecule has 0 aromatic heterocycles. The zero-order valence-electron chi connectivity index (χ0n) is 6.51. The summed E-state index contributed by atoms with van der Waals surface area (Å²) < 4.78 is 43.9. The van der Waals surface area contributed by atoms with Crippen LogP contribution >= 0.6 is 0 Å². The molecule has 0 bridgehead atoms. The van der Waals surface area contributed by atoms with Gasteiger partial charge in [-0.25, -0.2) is 8.42 Å². The fourth-order valence-corrected chi connectivity index (χ4v) is 1.28. The topological polar surface area (TPSA) is 100 Å². The molecule has 0 saturated heterocycles. The summed E-state index contributed by atoms with van der Waals surface area (Å²) in [5.41, 5.74) is -1.04. The van der Waals surface area contributed by atoms with Crippen LogP contribution in [0.15, 0.2) is 23.1 Å². The van der Waals surface area contributed by atoms with Gasteiger partial charge < -0.3 is 4.55 Å². The highest BCUT2D eigenvalue weighted by atomic mass is 32.2. The average Bonchev–Trinajstić information content (AvgIpc) is 2.02. The molecule has 0 amide bonds. The molecule has 0 N–H and O–H groups in total. The van der Waals surface area contributed by atoms with E-state index < -0.39 is 31.4 Å². The van der Waals surface area contributed by atoms with Crippen LogP contribution in [0.3, 0.4) is 0 Å². The molecular weight excluding hydrogens is 217 g/mol. The van der Waals surface area contributed by atoms with Gasteiger partial charge in [-0.15, -0.1) is 0 Å². The quantitative estimate of drug-likeness (QED) is 0.413. The van der Waals surface area contributed by atoms with E-state index in [4.69, 9.17) is 0 Å². The largest absolute Gasteiger partial charge is 0.744 e. The Hall–Kier alpha value is -1.54. The fourth-order valence-electron chi connectivity index (χ4n) is 0.788. The smallest absolute Gasteiger partial charge is 0.306 e. The van der Waals surface area contributed by atoms with Crippen molar-refractivity contribution in [1.82, 2.24) is 0 Å². The maximum atomic E-state index is 12.7. The van der Waals surface area contributed by atoms with Gasteiger partial charge in [0.15, 0.2) is 0 Å². The molecule has 0 aliphatic carbocycles. The van der Waals surface area contributed by atoms with Crippen molar-refractivity contribution in [3.05, 3.63) is 34.1 Å². The van der Waals surface area contributed by atoms with Crippen LogP contribution in [0.5, 0.6) is 0 Å². The molecule has 14 heavy (non-hydrogen) atoms. The molecule has 1 aromatic carbocycles. The molecule has 0 aliphatic rings. The van der Waals surface area contributed by atoms with E-state index in [-0.39, 0.29) is 0 Å². The Morgan fingerprint density at radius 1 is 1.36 bits per heavy atom. The zero-order valence-corrected chi connectivity index (χ0v) is 7.32. The molecule has 0 fully saturated rings. The summed E-state index contributed by atoms with van der Waals surface area (Å²) >= 11 is 0. The van der Waals surface area contributed by atoms with E-state index in [9.17, 15) is 27.5 Å².